The average Bonchev–Trinajstić information content (AvgIpc) is 2.54. The molecule has 2 N–H and O–H groups in total. The third-order valence-corrected chi connectivity index (χ3v) is 3.01. The van der Waals surface area contributed by atoms with E-state index in [4.69, 9.17) is 5.11 Å². The van der Waals surface area contributed by atoms with Gasteiger partial charge in [0, 0.05) is 44.0 Å². The van der Waals surface area contributed by atoms with Crippen LogP contribution < -0.4 is 10.2 Å². The highest BCUT2D eigenvalue weighted by Crippen LogP contribution is 2.35. The SMILES string of the molecule is O=[N+]([O-])c1cc(N2CCNCC2)cc(C(F)(F)F)c1.OCCF. The molecule has 2 rings (SSSR count). The number of alkyl halides is 4. The zero-order valence-electron chi connectivity index (χ0n) is 12.1. The second kappa shape index (κ2) is 8.63. The Morgan fingerprint density at radius 3 is 2.26 bits per heavy atom. The molecule has 0 atom stereocenters. The molecule has 1 aromatic carbocycles. The van der Waals surface area contributed by atoms with Gasteiger partial charge in [0.15, 0.2) is 0 Å². The molecule has 10 heteroatoms. The van der Waals surface area contributed by atoms with Crippen LogP contribution in [0.5, 0.6) is 0 Å². The summed E-state index contributed by atoms with van der Waals surface area (Å²) in [7, 11) is 0. The first-order chi connectivity index (χ1) is 10.8. The van der Waals surface area contributed by atoms with Crippen LogP contribution in [0.1, 0.15) is 5.56 Å². The van der Waals surface area contributed by atoms with E-state index in [1.54, 1.807) is 4.90 Å². The van der Waals surface area contributed by atoms with Crippen LogP contribution in [0.3, 0.4) is 0 Å². The van der Waals surface area contributed by atoms with Crippen molar-refractivity contribution in [3.05, 3.63) is 33.9 Å². The first kappa shape index (κ1) is 19.1. The van der Waals surface area contributed by atoms with Gasteiger partial charge in [-0.05, 0) is 6.07 Å². The Kier molecular flexibility index (Phi) is 7.17. The van der Waals surface area contributed by atoms with Gasteiger partial charge in [0.2, 0.25) is 0 Å². The van der Waals surface area contributed by atoms with Gasteiger partial charge >= 0.3 is 6.18 Å². The smallest absolute Gasteiger partial charge is 0.394 e. The minimum absolute atomic E-state index is 0.239. The van der Waals surface area contributed by atoms with Crippen LogP contribution in [0.2, 0.25) is 0 Å². The largest absolute Gasteiger partial charge is 0.416 e. The molecule has 0 aliphatic carbocycles. The molecule has 0 spiro atoms. The lowest BCUT2D eigenvalue weighted by Gasteiger charge is -2.29. The van der Waals surface area contributed by atoms with Crippen LogP contribution in [-0.4, -0.2) is 49.5 Å². The van der Waals surface area contributed by atoms with E-state index in [1.165, 1.54) is 6.07 Å². The number of aliphatic hydroxyl groups is 1. The molecular weight excluding hydrogens is 322 g/mol. The van der Waals surface area contributed by atoms with Crippen LogP contribution in [0.4, 0.5) is 28.9 Å². The summed E-state index contributed by atoms with van der Waals surface area (Å²) in [6, 6.07) is 2.70. The second-order valence-electron chi connectivity index (χ2n) is 4.64. The maximum absolute atomic E-state index is 12.7. The van der Waals surface area contributed by atoms with E-state index in [0.29, 0.717) is 32.2 Å². The van der Waals surface area contributed by atoms with Crippen molar-refractivity contribution < 1.29 is 27.6 Å². The molecule has 1 aromatic rings. The molecule has 1 fully saturated rings. The average molecular weight is 339 g/mol. The van der Waals surface area contributed by atoms with Crippen molar-refractivity contribution in [2.45, 2.75) is 6.18 Å². The number of hydrogen-bond donors (Lipinski definition) is 2. The van der Waals surface area contributed by atoms with Gasteiger partial charge < -0.3 is 15.3 Å². The fourth-order valence-electron chi connectivity index (χ4n) is 1.97. The molecule has 1 saturated heterocycles. The zero-order chi connectivity index (χ0) is 17.5. The highest BCUT2D eigenvalue weighted by molar-refractivity contribution is 5.56. The third kappa shape index (κ3) is 5.99. The summed E-state index contributed by atoms with van der Waals surface area (Å²) >= 11 is 0. The summed E-state index contributed by atoms with van der Waals surface area (Å²) in [4.78, 5) is 11.6. The van der Waals surface area contributed by atoms with Gasteiger partial charge in [0.1, 0.15) is 6.67 Å². The van der Waals surface area contributed by atoms with E-state index in [9.17, 15) is 27.7 Å². The van der Waals surface area contributed by atoms with E-state index >= 15 is 0 Å². The molecule has 0 radical (unpaired) electrons. The van der Waals surface area contributed by atoms with Crippen molar-refractivity contribution in [2.24, 2.45) is 0 Å². The summed E-state index contributed by atoms with van der Waals surface area (Å²) in [6.45, 7) is 1.37. The number of benzene rings is 1. The van der Waals surface area contributed by atoms with Crippen molar-refractivity contribution in [1.82, 2.24) is 5.32 Å². The highest BCUT2D eigenvalue weighted by Gasteiger charge is 2.33. The topological polar surface area (TPSA) is 78.6 Å². The molecule has 0 unspecified atom stereocenters. The number of non-ortho nitro benzene ring substituents is 1. The molecule has 1 aliphatic rings. The van der Waals surface area contributed by atoms with E-state index < -0.39 is 29.0 Å². The predicted molar refractivity (Wildman–Crippen MR) is 76.2 cm³/mol. The number of anilines is 1. The van der Waals surface area contributed by atoms with Crippen molar-refractivity contribution in [3.8, 4) is 0 Å². The van der Waals surface area contributed by atoms with Crippen molar-refractivity contribution >= 4 is 11.4 Å². The molecule has 0 aromatic heterocycles. The first-order valence-corrected chi connectivity index (χ1v) is 6.78. The molecule has 1 aliphatic heterocycles. The number of aliphatic hydroxyl groups excluding tert-OH is 1. The maximum Gasteiger partial charge on any atom is 0.416 e. The molecule has 0 bridgehead atoms. The van der Waals surface area contributed by atoms with Crippen LogP contribution in [0.25, 0.3) is 0 Å². The van der Waals surface area contributed by atoms with Crippen molar-refractivity contribution in [3.63, 3.8) is 0 Å². The monoisotopic (exact) mass is 339 g/mol. The first-order valence-electron chi connectivity index (χ1n) is 6.78. The van der Waals surface area contributed by atoms with Gasteiger partial charge in [-0.1, -0.05) is 0 Å². The van der Waals surface area contributed by atoms with Crippen LogP contribution >= 0.6 is 0 Å². The Hall–Kier alpha value is -1.94. The summed E-state index contributed by atoms with van der Waals surface area (Å²) in [6.07, 6.45) is -4.59. The Bertz CT molecular complexity index is 518. The number of nitrogens with one attached hydrogen (secondary N) is 1. The summed E-state index contributed by atoms with van der Waals surface area (Å²) in [5, 5.41) is 21.3. The number of rotatable bonds is 3. The summed E-state index contributed by atoms with van der Waals surface area (Å²) in [5.74, 6) is 0. The standard InChI is InChI=1S/C11H12F3N3O2.C2H5FO/c12-11(13,14)8-5-9(7-10(6-8)17(18)19)16-3-1-15-2-4-16;3-1-2-4/h5-7,15H,1-4H2;4H,1-2H2. The fraction of sp³-hybridized carbons (Fsp3) is 0.538. The van der Waals surface area contributed by atoms with E-state index in [-0.39, 0.29) is 12.3 Å². The van der Waals surface area contributed by atoms with Gasteiger partial charge in [-0.2, -0.15) is 13.2 Å². The molecular formula is C13H17F4N3O3. The van der Waals surface area contributed by atoms with Gasteiger partial charge in [-0.3, -0.25) is 10.1 Å². The number of nitro groups is 1. The van der Waals surface area contributed by atoms with Gasteiger partial charge in [-0.15, -0.1) is 0 Å². The van der Waals surface area contributed by atoms with E-state index in [0.717, 1.165) is 6.07 Å². The van der Waals surface area contributed by atoms with E-state index in [1.807, 2.05) is 0 Å². The molecule has 6 nitrogen and oxygen atoms in total. The maximum atomic E-state index is 12.7. The van der Waals surface area contributed by atoms with E-state index in [2.05, 4.69) is 5.32 Å². The third-order valence-electron chi connectivity index (χ3n) is 3.01. The lowest BCUT2D eigenvalue weighted by molar-refractivity contribution is -0.385. The molecule has 23 heavy (non-hydrogen) atoms. The second-order valence-corrected chi connectivity index (χ2v) is 4.64. The Morgan fingerprint density at radius 1 is 1.26 bits per heavy atom. The minimum atomic E-state index is -4.59. The molecule has 130 valence electrons. The number of piperazine rings is 1. The Balaban J connectivity index is 0.000000593. The fourth-order valence-corrected chi connectivity index (χ4v) is 1.97. The number of nitro benzene ring substituents is 1. The minimum Gasteiger partial charge on any atom is -0.394 e. The number of nitrogens with zero attached hydrogens (tertiary/aromatic N) is 2. The van der Waals surface area contributed by atoms with Crippen LogP contribution in [0.15, 0.2) is 18.2 Å². The molecule has 0 amide bonds. The highest BCUT2D eigenvalue weighted by atomic mass is 19.4. The van der Waals surface area contributed by atoms with Crippen molar-refractivity contribution in [2.75, 3.05) is 44.4 Å². The normalized spacial score (nSPS) is 14.9. The lowest BCUT2D eigenvalue weighted by atomic mass is 10.1. The van der Waals surface area contributed by atoms with Crippen LogP contribution in [-0.2, 0) is 6.18 Å². The molecule has 1 heterocycles. The van der Waals surface area contributed by atoms with Crippen LogP contribution in [0, 0.1) is 10.1 Å². The Labute approximate surface area is 129 Å². The summed E-state index contributed by atoms with van der Waals surface area (Å²) < 4.78 is 48.6. The van der Waals surface area contributed by atoms with Crippen molar-refractivity contribution in [1.29, 1.82) is 0 Å². The predicted octanol–water partition coefficient (Wildman–Crippen LogP) is 1.97. The van der Waals surface area contributed by atoms with Gasteiger partial charge in [-0.25, -0.2) is 4.39 Å². The zero-order valence-corrected chi connectivity index (χ0v) is 12.1. The number of hydrogen-bond acceptors (Lipinski definition) is 5. The Morgan fingerprint density at radius 2 is 1.83 bits per heavy atom. The lowest BCUT2D eigenvalue weighted by Crippen LogP contribution is -2.43. The number of halogens is 4. The van der Waals surface area contributed by atoms with Gasteiger partial charge in [0.05, 0.1) is 17.1 Å². The molecule has 0 saturated carbocycles. The quantitative estimate of drug-likeness (QED) is 0.500. The summed E-state index contributed by atoms with van der Waals surface area (Å²) in [5.41, 5.74) is -1.29. The van der Waals surface area contributed by atoms with Gasteiger partial charge in [0.25, 0.3) is 5.69 Å².